The first-order valence-electron chi connectivity index (χ1n) is 8.88. The highest BCUT2D eigenvalue weighted by atomic mass is 35.5. The molecule has 2 aromatic rings. The zero-order valence-electron chi connectivity index (χ0n) is 15.8. The van der Waals surface area contributed by atoms with Crippen molar-refractivity contribution in [2.24, 2.45) is 0 Å². The van der Waals surface area contributed by atoms with Crippen molar-refractivity contribution in [3.05, 3.63) is 53.1 Å². The molecule has 1 heterocycles. The highest BCUT2D eigenvalue weighted by Crippen LogP contribution is 2.25. The number of sulfonamides is 1. The molecule has 1 fully saturated rings. The monoisotopic (exact) mass is 438 g/mol. The summed E-state index contributed by atoms with van der Waals surface area (Å²) in [4.78, 5) is 2.42. The van der Waals surface area contributed by atoms with E-state index in [1.165, 1.54) is 0 Å². The Labute approximate surface area is 176 Å². The number of anilines is 2. The van der Waals surface area contributed by atoms with Gasteiger partial charge in [-0.3, -0.25) is 0 Å². The van der Waals surface area contributed by atoms with E-state index in [4.69, 9.17) is 23.8 Å². The highest BCUT2D eigenvalue weighted by molar-refractivity contribution is 7.89. The van der Waals surface area contributed by atoms with Crippen LogP contribution < -0.4 is 10.6 Å². The van der Waals surface area contributed by atoms with Crippen LogP contribution in [-0.2, 0) is 10.0 Å². The van der Waals surface area contributed by atoms with E-state index in [2.05, 4.69) is 15.5 Å². The van der Waals surface area contributed by atoms with E-state index in [1.54, 1.807) is 35.5 Å². The van der Waals surface area contributed by atoms with E-state index in [-0.39, 0.29) is 0 Å². The van der Waals surface area contributed by atoms with Gasteiger partial charge in [-0.15, -0.1) is 0 Å². The standard InChI is InChI=1S/C19H23ClN4O2S2/c1-14-3-6-17(22-19(27)21-16-7-4-15(20)5-8-16)13-18(14)28(25,26)24-11-9-23(2)10-12-24/h3-8,13H,9-12H2,1-2H3,(H2,21,22,27). The second-order valence-electron chi connectivity index (χ2n) is 6.77. The molecule has 0 aromatic heterocycles. The van der Waals surface area contributed by atoms with Gasteiger partial charge >= 0.3 is 0 Å². The van der Waals surface area contributed by atoms with Crippen LogP contribution in [0.3, 0.4) is 0 Å². The predicted octanol–water partition coefficient (Wildman–Crippen LogP) is 3.39. The second kappa shape index (κ2) is 8.75. The first kappa shape index (κ1) is 21.0. The summed E-state index contributed by atoms with van der Waals surface area (Å²) in [5.41, 5.74) is 2.12. The van der Waals surface area contributed by atoms with Crippen molar-refractivity contribution in [3.63, 3.8) is 0 Å². The van der Waals surface area contributed by atoms with Crippen LogP contribution in [0.1, 0.15) is 5.56 Å². The summed E-state index contributed by atoms with van der Waals surface area (Å²) in [5, 5.41) is 7.12. The number of rotatable bonds is 4. The minimum Gasteiger partial charge on any atom is -0.332 e. The zero-order chi connectivity index (χ0) is 20.3. The minimum absolute atomic E-state index is 0.302. The van der Waals surface area contributed by atoms with Crippen molar-refractivity contribution in [1.29, 1.82) is 0 Å². The Hall–Kier alpha value is -1.71. The van der Waals surface area contributed by atoms with E-state index in [0.29, 0.717) is 39.4 Å². The molecular weight excluding hydrogens is 416 g/mol. The summed E-state index contributed by atoms with van der Waals surface area (Å²) in [7, 11) is -1.56. The van der Waals surface area contributed by atoms with Gasteiger partial charge in [0.15, 0.2) is 5.11 Å². The molecule has 0 atom stereocenters. The van der Waals surface area contributed by atoms with Crippen LogP contribution in [0.2, 0.25) is 5.02 Å². The number of aryl methyl sites for hydroxylation is 1. The third-order valence-corrected chi connectivity index (χ3v) is 7.12. The number of nitrogens with zero attached hydrogens (tertiary/aromatic N) is 2. The molecule has 6 nitrogen and oxygen atoms in total. The summed E-state index contributed by atoms with van der Waals surface area (Å²) in [6.45, 7) is 4.24. The maximum absolute atomic E-state index is 13.1. The molecule has 3 rings (SSSR count). The van der Waals surface area contributed by atoms with Crippen LogP contribution in [0.25, 0.3) is 0 Å². The molecule has 150 valence electrons. The Kier molecular flexibility index (Phi) is 6.57. The Bertz CT molecular complexity index is 956. The Morgan fingerprint density at radius 1 is 1.00 bits per heavy atom. The van der Waals surface area contributed by atoms with Gasteiger partial charge < -0.3 is 15.5 Å². The molecule has 0 unspecified atom stereocenters. The van der Waals surface area contributed by atoms with E-state index < -0.39 is 10.0 Å². The van der Waals surface area contributed by atoms with Gasteiger partial charge in [-0.2, -0.15) is 4.31 Å². The fraction of sp³-hybridized carbons (Fsp3) is 0.316. The molecule has 0 radical (unpaired) electrons. The SMILES string of the molecule is Cc1ccc(NC(=S)Nc2ccc(Cl)cc2)cc1S(=O)(=O)N1CCN(C)CC1. The summed E-state index contributed by atoms with van der Waals surface area (Å²) >= 11 is 11.2. The first-order chi connectivity index (χ1) is 13.3. The Morgan fingerprint density at radius 2 is 1.57 bits per heavy atom. The van der Waals surface area contributed by atoms with Gasteiger partial charge in [-0.25, -0.2) is 8.42 Å². The fourth-order valence-electron chi connectivity index (χ4n) is 2.95. The summed E-state index contributed by atoms with van der Waals surface area (Å²) in [6.07, 6.45) is 0. The lowest BCUT2D eigenvalue weighted by Crippen LogP contribution is -2.47. The third-order valence-electron chi connectivity index (χ3n) is 4.63. The molecule has 0 saturated carbocycles. The van der Waals surface area contributed by atoms with E-state index in [9.17, 15) is 8.42 Å². The lowest BCUT2D eigenvalue weighted by atomic mass is 10.2. The van der Waals surface area contributed by atoms with Crippen molar-refractivity contribution >= 4 is 50.3 Å². The molecule has 9 heteroatoms. The molecule has 0 amide bonds. The van der Waals surface area contributed by atoms with E-state index in [1.807, 2.05) is 25.2 Å². The van der Waals surface area contributed by atoms with Crippen molar-refractivity contribution < 1.29 is 8.42 Å². The second-order valence-corrected chi connectivity index (χ2v) is 9.52. The van der Waals surface area contributed by atoms with E-state index >= 15 is 0 Å². The average Bonchev–Trinajstić information content (AvgIpc) is 2.65. The summed E-state index contributed by atoms with van der Waals surface area (Å²) in [5.74, 6) is 0. The van der Waals surface area contributed by atoms with Crippen LogP contribution in [0.5, 0.6) is 0 Å². The van der Waals surface area contributed by atoms with E-state index in [0.717, 1.165) is 18.8 Å². The molecule has 1 saturated heterocycles. The average molecular weight is 439 g/mol. The molecule has 2 N–H and O–H groups in total. The number of benzene rings is 2. The fourth-order valence-corrected chi connectivity index (χ4v) is 4.98. The van der Waals surface area contributed by atoms with Gasteiger partial charge in [-0.1, -0.05) is 17.7 Å². The summed E-state index contributed by atoms with van der Waals surface area (Å²) < 4.78 is 27.7. The third kappa shape index (κ3) is 5.01. The number of piperazine rings is 1. The number of halogens is 1. The maximum Gasteiger partial charge on any atom is 0.243 e. The Balaban J connectivity index is 1.75. The molecule has 1 aliphatic rings. The maximum atomic E-state index is 13.1. The van der Waals surface area contributed by atoms with Crippen molar-refractivity contribution in [1.82, 2.24) is 9.21 Å². The van der Waals surface area contributed by atoms with Crippen molar-refractivity contribution in [3.8, 4) is 0 Å². The molecule has 1 aliphatic heterocycles. The molecule has 2 aromatic carbocycles. The Morgan fingerprint density at radius 3 is 2.21 bits per heavy atom. The normalized spacial score (nSPS) is 16.0. The lowest BCUT2D eigenvalue weighted by molar-refractivity contribution is 0.222. The molecule has 0 bridgehead atoms. The smallest absolute Gasteiger partial charge is 0.243 e. The van der Waals surface area contributed by atoms with Crippen LogP contribution in [0.4, 0.5) is 11.4 Å². The van der Waals surface area contributed by atoms with Gasteiger partial charge in [0.1, 0.15) is 0 Å². The summed E-state index contributed by atoms with van der Waals surface area (Å²) in [6, 6.07) is 12.4. The van der Waals surface area contributed by atoms with Gasteiger partial charge in [-0.05, 0) is 68.2 Å². The van der Waals surface area contributed by atoms with Gasteiger partial charge in [0, 0.05) is 42.6 Å². The molecule has 0 spiro atoms. The van der Waals surface area contributed by atoms with Crippen LogP contribution in [0.15, 0.2) is 47.4 Å². The molecular formula is C19H23ClN4O2S2. The number of hydrogen-bond acceptors (Lipinski definition) is 4. The predicted molar refractivity (Wildman–Crippen MR) is 119 cm³/mol. The first-order valence-corrected chi connectivity index (χ1v) is 11.1. The topological polar surface area (TPSA) is 64.7 Å². The minimum atomic E-state index is -3.55. The van der Waals surface area contributed by atoms with Crippen LogP contribution >= 0.6 is 23.8 Å². The molecule has 0 aliphatic carbocycles. The number of nitrogens with one attached hydrogen (secondary N) is 2. The van der Waals surface area contributed by atoms with Crippen molar-refractivity contribution in [2.45, 2.75) is 11.8 Å². The van der Waals surface area contributed by atoms with Gasteiger partial charge in [0.25, 0.3) is 0 Å². The van der Waals surface area contributed by atoms with Crippen molar-refractivity contribution in [2.75, 3.05) is 43.9 Å². The largest absolute Gasteiger partial charge is 0.332 e. The zero-order valence-corrected chi connectivity index (χ0v) is 18.2. The highest BCUT2D eigenvalue weighted by Gasteiger charge is 2.28. The number of likely N-dealkylation sites (N-methyl/N-ethyl adjacent to an activating group) is 1. The lowest BCUT2D eigenvalue weighted by Gasteiger charge is -2.32. The van der Waals surface area contributed by atoms with Crippen LogP contribution in [0, 0.1) is 6.92 Å². The number of hydrogen-bond donors (Lipinski definition) is 2. The molecule has 28 heavy (non-hydrogen) atoms. The van der Waals surface area contributed by atoms with Gasteiger partial charge in [0.05, 0.1) is 4.90 Å². The quantitative estimate of drug-likeness (QED) is 0.713. The van der Waals surface area contributed by atoms with Crippen LogP contribution in [-0.4, -0.2) is 56.0 Å². The number of thiocarbonyl (C=S) groups is 1. The van der Waals surface area contributed by atoms with Gasteiger partial charge in [0.2, 0.25) is 10.0 Å².